The average Bonchev–Trinajstić information content (AvgIpc) is 2.82. The number of alkyl halides is 3. The quantitative estimate of drug-likeness (QED) is 0.891. The number of halogens is 3. The molecule has 1 saturated carbocycles. The van der Waals surface area contributed by atoms with Crippen molar-refractivity contribution in [3.8, 4) is 5.75 Å². The Morgan fingerprint density at radius 2 is 1.85 bits per heavy atom. The summed E-state index contributed by atoms with van der Waals surface area (Å²) in [7, 11) is 0. The van der Waals surface area contributed by atoms with E-state index in [2.05, 4.69) is 5.32 Å². The molecular formula is C15H18F3NO. The van der Waals surface area contributed by atoms with E-state index >= 15 is 0 Å². The van der Waals surface area contributed by atoms with Crippen LogP contribution in [0.3, 0.4) is 0 Å². The smallest absolute Gasteiger partial charge is 0.393 e. The lowest BCUT2D eigenvalue weighted by Gasteiger charge is -2.35. The largest absolute Gasteiger partial charge is 0.491 e. The van der Waals surface area contributed by atoms with E-state index in [0.717, 1.165) is 17.7 Å². The first-order valence-electron chi connectivity index (χ1n) is 7.10. The Morgan fingerprint density at radius 3 is 2.65 bits per heavy atom. The van der Waals surface area contributed by atoms with Gasteiger partial charge in [0.1, 0.15) is 12.4 Å². The van der Waals surface area contributed by atoms with Crippen LogP contribution in [0, 0.1) is 5.92 Å². The van der Waals surface area contributed by atoms with Gasteiger partial charge in [-0.05, 0) is 18.9 Å². The van der Waals surface area contributed by atoms with Crippen LogP contribution in [0.1, 0.15) is 37.3 Å². The maximum atomic E-state index is 13.1. The summed E-state index contributed by atoms with van der Waals surface area (Å²) >= 11 is 0. The zero-order valence-electron chi connectivity index (χ0n) is 11.1. The van der Waals surface area contributed by atoms with E-state index in [1.54, 1.807) is 0 Å². The van der Waals surface area contributed by atoms with Crippen molar-refractivity contribution in [2.45, 2.75) is 43.9 Å². The van der Waals surface area contributed by atoms with Crippen LogP contribution in [0.15, 0.2) is 24.3 Å². The third kappa shape index (κ3) is 2.64. The maximum Gasteiger partial charge on any atom is 0.393 e. The predicted octanol–water partition coefficient (Wildman–Crippen LogP) is 3.83. The summed E-state index contributed by atoms with van der Waals surface area (Å²) in [6.07, 6.45) is -1.77. The van der Waals surface area contributed by atoms with Gasteiger partial charge in [0.15, 0.2) is 0 Å². The van der Waals surface area contributed by atoms with E-state index in [4.69, 9.17) is 4.74 Å². The molecule has 0 saturated heterocycles. The van der Waals surface area contributed by atoms with Crippen LogP contribution < -0.4 is 10.1 Å². The SMILES string of the molecule is FC(F)(F)C1CCCCC1NC1COc2ccccc21. The summed E-state index contributed by atoms with van der Waals surface area (Å²) in [4.78, 5) is 0. The van der Waals surface area contributed by atoms with Crippen LogP contribution in [0.2, 0.25) is 0 Å². The maximum absolute atomic E-state index is 13.1. The monoisotopic (exact) mass is 285 g/mol. The average molecular weight is 285 g/mol. The first-order chi connectivity index (χ1) is 9.55. The van der Waals surface area contributed by atoms with Crippen molar-refractivity contribution in [1.29, 1.82) is 0 Å². The van der Waals surface area contributed by atoms with Gasteiger partial charge in [-0.15, -0.1) is 0 Å². The van der Waals surface area contributed by atoms with Crippen molar-refractivity contribution in [3.63, 3.8) is 0 Å². The van der Waals surface area contributed by atoms with E-state index in [0.29, 0.717) is 19.4 Å². The van der Waals surface area contributed by atoms with Gasteiger partial charge in [0.05, 0.1) is 12.0 Å². The molecule has 1 aromatic carbocycles. The summed E-state index contributed by atoms with van der Waals surface area (Å²) in [5.74, 6) is -0.451. The number of hydrogen-bond donors (Lipinski definition) is 1. The Kier molecular flexibility index (Phi) is 3.63. The van der Waals surface area contributed by atoms with Gasteiger partial charge in [0.2, 0.25) is 0 Å². The summed E-state index contributed by atoms with van der Waals surface area (Å²) in [6.45, 7) is 0.417. The Morgan fingerprint density at radius 1 is 1.10 bits per heavy atom. The molecule has 20 heavy (non-hydrogen) atoms. The van der Waals surface area contributed by atoms with Crippen LogP contribution in [-0.2, 0) is 0 Å². The van der Waals surface area contributed by atoms with Crippen molar-refractivity contribution >= 4 is 0 Å². The number of ether oxygens (including phenoxy) is 1. The van der Waals surface area contributed by atoms with E-state index in [9.17, 15) is 13.2 Å². The highest BCUT2D eigenvalue weighted by atomic mass is 19.4. The lowest BCUT2D eigenvalue weighted by Crippen LogP contribution is -2.47. The minimum absolute atomic E-state index is 0.126. The first-order valence-corrected chi connectivity index (χ1v) is 7.10. The number of rotatable bonds is 2. The molecule has 2 nitrogen and oxygen atoms in total. The van der Waals surface area contributed by atoms with Gasteiger partial charge in [0, 0.05) is 11.6 Å². The second-order valence-corrected chi connectivity index (χ2v) is 5.61. The molecular weight excluding hydrogens is 267 g/mol. The van der Waals surface area contributed by atoms with Crippen molar-refractivity contribution in [2.24, 2.45) is 5.92 Å². The Labute approximate surface area is 116 Å². The third-order valence-electron chi connectivity index (χ3n) is 4.30. The van der Waals surface area contributed by atoms with Gasteiger partial charge in [-0.3, -0.25) is 0 Å². The Balaban J connectivity index is 1.74. The van der Waals surface area contributed by atoms with Crippen LogP contribution >= 0.6 is 0 Å². The number of para-hydroxylation sites is 1. The van der Waals surface area contributed by atoms with Gasteiger partial charge in [0.25, 0.3) is 0 Å². The molecule has 110 valence electrons. The summed E-state index contributed by atoms with van der Waals surface area (Å²) in [5.41, 5.74) is 0.971. The van der Waals surface area contributed by atoms with Crippen LogP contribution in [0.25, 0.3) is 0 Å². The second kappa shape index (κ2) is 5.28. The molecule has 1 aromatic rings. The van der Waals surface area contributed by atoms with Gasteiger partial charge >= 0.3 is 6.18 Å². The van der Waals surface area contributed by atoms with Gasteiger partial charge in [-0.2, -0.15) is 13.2 Å². The van der Waals surface area contributed by atoms with Gasteiger partial charge < -0.3 is 10.1 Å². The summed E-state index contributed by atoms with van der Waals surface area (Å²) < 4.78 is 44.8. The highest BCUT2D eigenvalue weighted by molar-refractivity contribution is 5.39. The van der Waals surface area contributed by atoms with E-state index in [1.807, 2.05) is 24.3 Å². The van der Waals surface area contributed by atoms with Crippen LogP contribution in [-0.4, -0.2) is 18.8 Å². The fraction of sp³-hybridized carbons (Fsp3) is 0.600. The zero-order chi connectivity index (χ0) is 14.2. The van der Waals surface area contributed by atoms with Crippen molar-refractivity contribution in [2.75, 3.05) is 6.61 Å². The van der Waals surface area contributed by atoms with Crippen molar-refractivity contribution in [1.82, 2.24) is 5.32 Å². The molecule has 2 aliphatic rings. The van der Waals surface area contributed by atoms with E-state index < -0.39 is 18.1 Å². The van der Waals surface area contributed by atoms with Crippen molar-refractivity contribution < 1.29 is 17.9 Å². The first kappa shape index (κ1) is 13.7. The number of benzene rings is 1. The molecule has 1 heterocycles. The Bertz CT molecular complexity index is 474. The molecule has 3 atom stereocenters. The fourth-order valence-electron chi connectivity index (χ4n) is 3.28. The van der Waals surface area contributed by atoms with E-state index in [-0.39, 0.29) is 12.5 Å². The zero-order valence-corrected chi connectivity index (χ0v) is 11.1. The summed E-state index contributed by atoms with van der Waals surface area (Å²) in [6, 6.07) is 6.93. The molecule has 1 fully saturated rings. The Hall–Kier alpha value is -1.23. The minimum atomic E-state index is -4.11. The molecule has 0 bridgehead atoms. The number of fused-ring (bicyclic) bond motifs is 1. The van der Waals surface area contributed by atoms with Crippen LogP contribution in [0.5, 0.6) is 5.75 Å². The summed E-state index contributed by atoms with van der Waals surface area (Å²) in [5, 5.41) is 3.19. The molecule has 3 rings (SSSR count). The van der Waals surface area contributed by atoms with E-state index in [1.165, 1.54) is 0 Å². The molecule has 3 unspecified atom stereocenters. The standard InChI is InChI=1S/C15H18F3NO/c16-15(17,18)11-6-2-3-7-12(11)19-13-9-20-14-8-4-1-5-10(13)14/h1,4-5,8,11-13,19H,2-3,6-7,9H2. The molecule has 0 spiro atoms. The minimum Gasteiger partial charge on any atom is -0.491 e. The third-order valence-corrected chi connectivity index (χ3v) is 4.30. The molecule has 1 aliphatic heterocycles. The molecule has 1 aliphatic carbocycles. The highest BCUT2D eigenvalue weighted by Crippen LogP contribution is 2.40. The predicted molar refractivity (Wildman–Crippen MR) is 69.6 cm³/mol. The molecule has 0 aromatic heterocycles. The lowest BCUT2D eigenvalue weighted by atomic mass is 9.83. The molecule has 5 heteroatoms. The number of hydrogen-bond acceptors (Lipinski definition) is 2. The highest BCUT2D eigenvalue weighted by Gasteiger charge is 2.46. The topological polar surface area (TPSA) is 21.3 Å². The lowest BCUT2D eigenvalue weighted by molar-refractivity contribution is -0.189. The molecule has 1 N–H and O–H groups in total. The van der Waals surface area contributed by atoms with Gasteiger partial charge in [-0.1, -0.05) is 31.0 Å². The van der Waals surface area contributed by atoms with Crippen molar-refractivity contribution in [3.05, 3.63) is 29.8 Å². The van der Waals surface area contributed by atoms with Crippen LogP contribution in [0.4, 0.5) is 13.2 Å². The van der Waals surface area contributed by atoms with Gasteiger partial charge in [-0.25, -0.2) is 0 Å². The fourth-order valence-corrected chi connectivity index (χ4v) is 3.28. The molecule has 0 amide bonds. The second-order valence-electron chi connectivity index (χ2n) is 5.61. The molecule has 0 radical (unpaired) electrons. The normalized spacial score (nSPS) is 29.9. The number of nitrogens with one attached hydrogen (secondary N) is 1.